The fraction of sp³-hybridized carbons (Fsp3) is 0.417. The van der Waals surface area contributed by atoms with Crippen molar-refractivity contribution in [3.8, 4) is 11.5 Å². The average molecular weight is 440 g/mol. The van der Waals surface area contributed by atoms with E-state index < -0.39 is 0 Å². The highest BCUT2D eigenvalue weighted by Gasteiger charge is 2.25. The summed E-state index contributed by atoms with van der Waals surface area (Å²) in [7, 11) is 6.83. The molecule has 1 unspecified atom stereocenters. The van der Waals surface area contributed by atoms with Crippen LogP contribution in [0.5, 0.6) is 11.5 Å². The number of amides is 1. The molecule has 0 aromatic heterocycles. The van der Waals surface area contributed by atoms with Crippen LogP contribution in [0.1, 0.15) is 12.0 Å². The van der Waals surface area contributed by atoms with Crippen LogP contribution in [0.2, 0.25) is 0 Å². The van der Waals surface area contributed by atoms with Crippen LogP contribution in [0.3, 0.4) is 0 Å². The van der Waals surface area contributed by atoms with Gasteiger partial charge < -0.3 is 29.9 Å². The number of carbonyl (C=O) groups is 1. The normalized spacial score (nSPS) is 15.9. The molecule has 2 aromatic carbocycles. The summed E-state index contributed by atoms with van der Waals surface area (Å²) in [4.78, 5) is 20.7. The number of carbonyl (C=O) groups excluding carboxylic acids is 1. The highest BCUT2D eigenvalue weighted by atomic mass is 16.5. The molecule has 1 aliphatic heterocycles. The highest BCUT2D eigenvalue weighted by molar-refractivity contribution is 5.86. The maximum Gasteiger partial charge on any atom is 0.241 e. The molecule has 1 saturated heterocycles. The zero-order valence-corrected chi connectivity index (χ0v) is 19.3. The van der Waals surface area contributed by atoms with Gasteiger partial charge in [0.2, 0.25) is 5.91 Å². The lowest BCUT2D eigenvalue weighted by Crippen LogP contribution is -2.47. The number of ether oxygens (including phenoxy) is 2. The minimum Gasteiger partial charge on any atom is -0.497 e. The number of guanidine groups is 1. The number of benzene rings is 2. The Bertz CT molecular complexity index is 914. The van der Waals surface area contributed by atoms with Gasteiger partial charge in [-0.15, -0.1) is 0 Å². The Morgan fingerprint density at radius 1 is 1.12 bits per heavy atom. The smallest absolute Gasteiger partial charge is 0.241 e. The van der Waals surface area contributed by atoms with Crippen LogP contribution in [-0.2, 0) is 11.3 Å². The minimum absolute atomic E-state index is 0.00832. The van der Waals surface area contributed by atoms with Crippen LogP contribution in [0.15, 0.2) is 53.5 Å². The van der Waals surface area contributed by atoms with E-state index in [-0.39, 0.29) is 18.5 Å². The lowest BCUT2D eigenvalue weighted by molar-refractivity contribution is -0.127. The molecular weight excluding hydrogens is 406 g/mol. The SMILES string of the molecule is COc1ccc(CN=C(NCC(=O)N(C)C)NC2CCN(c3ccccc3OC)C2)cc1. The van der Waals surface area contributed by atoms with E-state index in [0.29, 0.717) is 12.5 Å². The molecule has 1 heterocycles. The van der Waals surface area contributed by atoms with E-state index in [2.05, 4.69) is 21.6 Å². The Labute approximate surface area is 190 Å². The van der Waals surface area contributed by atoms with Crippen molar-refractivity contribution in [3.05, 3.63) is 54.1 Å². The summed E-state index contributed by atoms with van der Waals surface area (Å²) in [5.41, 5.74) is 2.15. The van der Waals surface area contributed by atoms with Gasteiger partial charge in [0.25, 0.3) is 0 Å². The maximum absolute atomic E-state index is 12.1. The zero-order valence-electron chi connectivity index (χ0n) is 19.3. The molecule has 0 aliphatic carbocycles. The van der Waals surface area contributed by atoms with Gasteiger partial charge in [0.15, 0.2) is 5.96 Å². The molecule has 0 bridgehead atoms. The van der Waals surface area contributed by atoms with Gasteiger partial charge >= 0.3 is 0 Å². The molecular formula is C24H33N5O3. The quantitative estimate of drug-likeness (QED) is 0.485. The molecule has 8 nitrogen and oxygen atoms in total. The van der Waals surface area contributed by atoms with Gasteiger partial charge in [-0.3, -0.25) is 4.79 Å². The second-order valence-corrected chi connectivity index (χ2v) is 7.90. The van der Waals surface area contributed by atoms with Gasteiger partial charge in [-0.05, 0) is 36.2 Å². The van der Waals surface area contributed by atoms with E-state index in [1.54, 1.807) is 33.2 Å². The molecule has 0 radical (unpaired) electrons. The monoisotopic (exact) mass is 439 g/mol. The average Bonchev–Trinajstić information content (AvgIpc) is 3.29. The number of nitrogens with zero attached hydrogens (tertiary/aromatic N) is 3. The summed E-state index contributed by atoms with van der Waals surface area (Å²) in [5.74, 6) is 2.30. The van der Waals surface area contributed by atoms with E-state index in [1.807, 2.05) is 42.5 Å². The lowest BCUT2D eigenvalue weighted by Gasteiger charge is -2.22. The van der Waals surface area contributed by atoms with Gasteiger partial charge in [0.1, 0.15) is 11.5 Å². The third-order valence-corrected chi connectivity index (χ3v) is 5.44. The lowest BCUT2D eigenvalue weighted by atomic mass is 10.2. The van der Waals surface area contributed by atoms with Crippen molar-refractivity contribution in [2.75, 3.05) is 52.8 Å². The molecule has 1 aliphatic rings. The van der Waals surface area contributed by atoms with Gasteiger partial charge in [0.05, 0.1) is 33.0 Å². The molecule has 3 rings (SSSR count). The van der Waals surface area contributed by atoms with Crippen LogP contribution in [-0.4, -0.2) is 70.8 Å². The summed E-state index contributed by atoms with van der Waals surface area (Å²) in [6.07, 6.45) is 0.961. The Hall–Kier alpha value is -3.42. The van der Waals surface area contributed by atoms with Crippen molar-refractivity contribution in [2.45, 2.75) is 19.0 Å². The van der Waals surface area contributed by atoms with Crippen molar-refractivity contribution in [2.24, 2.45) is 4.99 Å². The van der Waals surface area contributed by atoms with Gasteiger partial charge in [-0.2, -0.15) is 0 Å². The third-order valence-electron chi connectivity index (χ3n) is 5.44. The standard InChI is InChI=1S/C24H33N5O3/c1-28(2)23(30)16-26-24(25-15-18-9-11-20(31-3)12-10-18)27-19-13-14-29(17-19)21-7-5-6-8-22(21)32-4/h5-12,19H,13-17H2,1-4H3,(H2,25,26,27). The Morgan fingerprint density at radius 2 is 1.88 bits per heavy atom. The maximum atomic E-state index is 12.1. The van der Waals surface area contributed by atoms with Crippen molar-refractivity contribution >= 4 is 17.6 Å². The number of nitrogens with one attached hydrogen (secondary N) is 2. The molecule has 1 fully saturated rings. The Kier molecular flexibility index (Phi) is 8.19. The van der Waals surface area contributed by atoms with Gasteiger partial charge in [-0.1, -0.05) is 24.3 Å². The van der Waals surface area contributed by atoms with Crippen molar-refractivity contribution in [1.29, 1.82) is 0 Å². The summed E-state index contributed by atoms with van der Waals surface area (Å²) in [5, 5.41) is 6.68. The van der Waals surface area contributed by atoms with Crippen molar-refractivity contribution in [1.82, 2.24) is 15.5 Å². The number of hydrogen-bond donors (Lipinski definition) is 2. The zero-order chi connectivity index (χ0) is 22.9. The topological polar surface area (TPSA) is 78.4 Å². The molecule has 8 heteroatoms. The van der Waals surface area contributed by atoms with Gasteiger partial charge in [-0.25, -0.2) is 4.99 Å². The predicted octanol–water partition coefficient (Wildman–Crippen LogP) is 2.11. The fourth-order valence-electron chi connectivity index (χ4n) is 3.55. The van der Waals surface area contributed by atoms with Crippen molar-refractivity contribution < 1.29 is 14.3 Å². The molecule has 2 N–H and O–H groups in total. The van der Waals surface area contributed by atoms with Gasteiger partial charge in [0, 0.05) is 33.2 Å². The van der Waals surface area contributed by atoms with Crippen LogP contribution in [0, 0.1) is 0 Å². The number of aliphatic imine (C=N–C) groups is 1. The molecule has 32 heavy (non-hydrogen) atoms. The van der Waals surface area contributed by atoms with Crippen molar-refractivity contribution in [3.63, 3.8) is 0 Å². The first-order valence-corrected chi connectivity index (χ1v) is 10.8. The summed E-state index contributed by atoms with van der Waals surface area (Å²) < 4.78 is 10.7. The molecule has 2 aromatic rings. The third kappa shape index (κ3) is 6.29. The fourth-order valence-corrected chi connectivity index (χ4v) is 3.55. The molecule has 1 amide bonds. The Balaban J connectivity index is 1.66. The first-order valence-electron chi connectivity index (χ1n) is 10.8. The highest BCUT2D eigenvalue weighted by Crippen LogP contribution is 2.30. The van der Waals surface area contributed by atoms with E-state index in [4.69, 9.17) is 14.5 Å². The predicted molar refractivity (Wildman–Crippen MR) is 128 cm³/mol. The minimum atomic E-state index is -0.00832. The number of para-hydroxylation sites is 2. The van der Waals surface area contributed by atoms with Crippen LogP contribution >= 0.6 is 0 Å². The first-order chi connectivity index (χ1) is 15.5. The number of hydrogen-bond acceptors (Lipinski definition) is 5. The van der Waals surface area contributed by atoms with E-state index in [0.717, 1.165) is 42.3 Å². The number of methoxy groups -OCH3 is 2. The molecule has 0 saturated carbocycles. The van der Waals surface area contributed by atoms with Crippen LogP contribution in [0.4, 0.5) is 5.69 Å². The largest absolute Gasteiger partial charge is 0.497 e. The first kappa shape index (κ1) is 23.2. The molecule has 172 valence electrons. The number of anilines is 1. The van der Waals surface area contributed by atoms with Crippen LogP contribution in [0.25, 0.3) is 0 Å². The Morgan fingerprint density at radius 3 is 2.56 bits per heavy atom. The van der Waals surface area contributed by atoms with E-state index in [1.165, 1.54) is 0 Å². The van der Waals surface area contributed by atoms with E-state index >= 15 is 0 Å². The molecule has 1 atom stereocenters. The number of rotatable bonds is 8. The summed E-state index contributed by atoms with van der Waals surface area (Å²) >= 11 is 0. The molecule has 0 spiro atoms. The number of likely N-dealkylation sites (N-methyl/N-ethyl adjacent to an activating group) is 1. The summed E-state index contributed by atoms with van der Waals surface area (Å²) in [6, 6.07) is 16.1. The van der Waals surface area contributed by atoms with E-state index in [9.17, 15) is 4.79 Å². The summed E-state index contributed by atoms with van der Waals surface area (Å²) in [6.45, 7) is 2.43. The second kappa shape index (κ2) is 11.3. The second-order valence-electron chi connectivity index (χ2n) is 7.90. The van der Waals surface area contributed by atoms with Crippen LogP contribution < -0.4 is 25.0 Å².